The van der Waals surface area contributed by atoms with Gasteiger partial charge in [0.05, 0.1) is 11.1 Å². The highest BCUT2D eigenvalue weighted by Gasteiger charge is 2.46. The molecule has 1 aliphatic rings. The molecule has 1 N–H and O–H groups in total. The summed E-state index contributed by atoms with van der Waals surface area (Å²) in [5.74, 6) is -0.297. The number of hydrogen-bond donors (Lipinski definition) is 1. The van der Waals surface area contributed by atoms with E-state index >= 15 is 0 Å². The number of rotatable bonds is 2. The summed E-state index contributed by atoms with van der Waals surface area (Å²) >= 11 is 6.13. The van der Waals surface area contributed by atoms with Gasteiger partial charge in [-0.25, -0.2) is 4.98 Å². The number of carbonyl (C=O) groups is 1. The van der Waals surface area contributed by atoms with E-state index < -0.39 is 11.8 Å². The van der Waals surface area contributed by atoms with Crippen molar-refractivity contribution in [2.45, 2.75) is 32.5 Å². The molecule has 0 aliphatic carbocycles. The largest absolute Gasteiger partial charge is 0.369 e. The fourth-order valence-corrected chi connectivity index (χ4v) is 3.31. The molecule has 1 aromatic heterocycles. The van der Waals surface area contributed by atoms with Crippen LogP contribution < -0.4 is 0 Å². The minimum absolute atomic E-state index is 0.144. The number of pyridine rings is 1. The Bertz CT molecular complexity index is 744. The third-order valence-electron chi connectivity index (χ3n) is 4.17. The smallest absolute Gasteiger partial charge is 0.260 e. The SMILES string of the molecule is Cc1cc2c(c(Cl)n1)C(=O)N(C(C)(C)c1ccccc1)C2O. The van der Waals surface area contributed by atoms with E-state index in [1.165, 1.54) is 4.90 Å². The highest BCUT2D eigenvalue weighted by Crippen LogP contribution is 2.43. The van der Waals surface area contributed by atoms with Crippen molar-refractivity contribution < 1.29 is 9.90 Å². The summed E-state index contributed by atoms with van der Waals surface area (Å²) in [6.45, 7) is 5.60. The van der Waals surface area contributed by atoms with Crippen molar-refractivity contribution in [2.75, 3.05) is 0 Å². The first kappa shape index (κ1) is 15.0. The Balaban J connectivity index is 2.11. The summed E-state index contributed by atoms with van der Waals surface area (Å²) in [7, 11) is 0. The molecule has 0 bridgehead atoms. The van der Waals surface area contributed by atoms with Crippen LogP contribution in [-0.2, 0) is 5.54 Å². The number of nitrogens with zero attached hydrogens (tertiary/aromatic N) is 2. The lowest BCUT2D eigenvalue weighted by Crippen LogP contribution is -2.44. The number of aliphatic hydroxyl groups excluding tert-OH is 1. The molecule has 0 radical (unpaired) electrons. The number of hydrogen-bond acceptors (Lipinski definition) is 3. The monoisotopic (exact) mass is 316 g/mol. The predicted molar refractivity (Wildman–Crippen MR) is 84.6 cm³/mol. The number of halogens is 1. The molecule has 1 atom stereocenters. The normalized spacial score (nSPS) is 17.8. The maximum atomic E-state index is 12.8. The molecule has 2 heterocycles. The Kier molecular flexibility index (Phi) is 3.46. The van der Waals surface area contributed by atoms with Crippen LogP contribution in [0.3, 0.4) is 0 Å². The number of aromatic nitrogens is 1. The Labute approximate surface area is 134 Å². The van der Waals surface area contributed by atoms with Gasteiger partial charge in [-0.1, -0.05) is 41.9 Å². The first-order valence-corrected chi connectivity index (χ1v) is 7.46. The van der Waals surface area contributed by atoms with Crippen molar-refractivity contribution in [1.29, 1.82) is 0 Å². The van der Waals surface area contributed by atoms with Crippen LogP contribution in [0, 0.1) is 6.92 Å². The molecular formula is C17H17ClN2O2. The van der Waals surface area contributed by atoms with Crippen LogP contribution in [0.4, 0.5) is 0 Å². The van der Waals surface area contributed by atoms with E-state index in [4.69, 9.17) is 11.6 Å². The molecule has 1 unspecified atom stereocenters. The van der Waals surface area contributed by atoms with Crippen molar-refractivity contribution in [3.05, 3.63) is 63.9 Å². The Morgan fingerprint density at radius 1 is 1.27 bits per heavy atom. The lowest BCUT2D eigenvalue weighted by molar-refractivity contribution is -0.0305. The molecule has 1 amide bonds. The quantitative estimate of drug-likeness (QED) is 0.864. The lowest BCUT2D eigenvalue weighted by Gasteiger charge is -2.38. The molecule has 0 saturated carbocycles. The molecule has 1 aliphatic heterocycles. The number of aliphatic hydroxyl groups is 1. The van der Waals surface area contributed by atoms with Crippen molar-refractivity contribution in [3.8, 4) is 0 Å². The highest BCUT2D eigenvalue weighted by molar-refractivity contribution is 6.33. The van der Waals surface area contributed by atoms with Gasteiger partial charge < -0.3 is 5.11 Å². The summed E-state index contributed by atoms with van der Waals surface area (Å²) in [4.78, 5) is 18.4. The summed E-state index contributed by atoms with van der Waals surface area (Å²) < 4.78 is 0. The van der Waals surface area contributed by atoms with E-state index in [-0.39, 0.29) is 11.1 Å². The summed E-state index contributed by atoms with van der Waals surface area (Å²) in [5.41, 5.74) is 1.76. The molecule has 0 saturated heterocycles. The fraction of sp³-hybridized carbons (Fsp3) is 0.294. The predicted octanol–water partition coefficient (Wildman–Crippen LogP) is 3.43. The zero-order chi connectivity index (χ0) is 16.1. The van der Waals surface area contributed by atoms with Gasteiger partial charge in [0.15, 0.2) is 6.23 Å². The van der Waals surface area contributed by atoms with Gasteiger partial charge >= 0.3 is 0 Å². The molecule has 2 aromatic rings. The number of amides is 1. The van der Waals surface area contributed by atoms with Crippen LogP contribution in [0.5, 0.6) is 0 Å². The minimum atomic E-state index is -1.03. The second kappa shape index (κ2) is 5.07. The molecule has 4 nitrogen and oxygen atoms in total. The molecule has 0 spiro atoms. The molecule has 3 rings (SSSR count). The number of aryl methyl sites for hydroxylation is 1. The second-order valence-corrected chi connectivity index (χ2v) is 6.35. The maximum absolute atomic E-state index is 12.8. The van der Waals surface area contributed by atoms with Gasteiger partial charge in [0.1, 0.15) is 5.15 Å². The molecule has 0 fully saturated rings. The second-order valence-electron chi connectivity index (χ2n) is 5.99. The number of benzene rings is 1. The fourth-order valence-electron chi connectivity index (χ4n) is 2.99. The zero-order valence-corrected chi connectivity index (χ0v) is 13.4. The van der Waals surface area contributed by atoms with Gasteiger partial charge in [0.2, 0.25) is 0 Å². The Morgan fingerprint density at radius 3 is 2.55 bits per heavy atom. The highest BCUT2D eigenvalue weighted by atomic mass is 35.5. The standard InChI is InChI=1S/C17H17ClN2O2/c1-10-9-12-13(14(18)19-10)16(22)20(15(12)21)17(2,3)11-7-5-4-6-8-11/h4-9,15,21H,1-3H3. The first-order valence-electron chi connectivity index (χ1n) is 7.08. The van der Waals surface area contributed by atoms with E-state index in [1.54, 1.807) is 13.0 Å². The molecule has 5 heteroatoms. The maximum Gasteiger partial charge on any atom is 0.260 e. The number of fused-ring (bicyclic) bond motifs is 1. The van der Waals surface area contributed by atoms with Gasteiger partial charge in [0.25, 0.3) is 5.91 Å². The first-order chi connectivity index (χ1) is 10.3. The van der Waals surface area contributed by atoms with Crippen LogP contribution in [0.15, 0.2) is 36.4 Å². The summed E-state index contributed by atoms with van der Waals surface area (Å²) in [5, 5.41) is 10.8. The van der Waals surface area contributed by atoms with E-state index in [9.17, 15) is 9.90 Å². The third-order valence-corrected chi connectivity index (χ3v) is 4.45. The van der Waals surface area contributed by atoms with E-state index in [2.05, 4.69) is 4.98 Å². The van der Waals surface area contributed by atoms with E-state index in [1.807, 2.05) is 44.2 Å². The van der Waals surface area contributed by atoms with Gasteiger partial charge in [-0.3, -0.25) is 9.69 Å². The van der Waals surface area contributed by atoms with Crippen molar-refractivity contribution in [2.24, 2.45) is 0 Å². The van der Waals surface area contributed by atoms with E-state index in [0.717, 1.165) is 5.56 Å². The van der Waals surface area contributed by atoms with Crippen LogP contribution in [0.2, 0.25) is 5.15 Å². The lowest BCUT2D eigenvalue weighted by atomic mass is 9.92. The third kappa shape index (κ3) is 2.11. The van der Waals surface area contributed by atoms with Crippen LogP contribution >= 0.6 is 11.6 Å². The Hall–Kier alpha value is -1.91. The average molecular weight is 317 g/mol. The van der Waals surface area contributed by atoms with Crippen LogP contribution in [0.1, 0.15) is 47.3 Å². The van der Waals surface area contributed by atoms with Gasteiger partial charge in [-0.15, -0.1) is 0 Å². The summed E-state index contributed by atoms with van der Waals surface area (Å²) in [6, 6.07) is 11.3. The average Bonchev–Trinajstić information content (AvgIpc) is 2.72. The van der Waals surface area contributed by atoms with Gasteiger partial charge in [0, 0.05) is 11.3 Å². The molecule has 114 valence electrons. The van der Waals surface area contributed by atoms with Crippen LogP contribution in [0.25, 0.3) is 0 Å². The molecular weight excluding hydrogens is 300 g/mol. The Morgan fingerprint density at radius 2 is 1.91 bits per heavy atom. The van der Waals surface area contributed by atoms with Crippen molar-refractivity contribution in [3.63, 3.8) is 0 Å². The van der Waals surface area contributed by atoms with Crippen LogP contribution in [-0.4, -0.2) is 20.9 Å². The van der Waals surface area contributed by atoms with Gasteiger partial charge in [-0.2, -0.15) is 0 Å². The molecule has 22 heavy (non-hydrogen) atoms. The van der Waals surface area contributed by atoms with Crippen molar-refractivity contribution in [1.82, 2.24) is 9.88 Å². The van der Waals surface area contributed by atoms with E-state index in [0.29, 0.717) is 16.8 Å². The van der Waals surface area contributed by atoms with Crippen molar-refractivity contribution >= 4 is 17.5 Å². The minimum Gasteiger partial charge on any atom is -0.369 e. The zero-order valence-electron chi connectivity index (χ0n) is 12.7. The number of carbonyl (C=O) groups excluding carboxylic acids is 1. The van der Waals surface area contributed by atoms with Gasteiger partial charge in [-0.05, 0) is 32.4 Å². The topological polar surface area (TPSA) is 53.4 Å². The molecule has 1 aromatic carbocycles. The summed E-state index contributed by atoms with van der Waals surface area (Å²) in [6.07, 6.45) is -1.03.